The van der Waals surface area contributed by atoms with Gasteiger partial charge in [0.05, 0.1) is 0 Å². The molecule has 0 aromatic rings. The van der Waals surface area contributed by atoms with Crippen LogP contribution in [0.1, 0.15) is 13.3 Å². The van der Waals surface area contributed by atoms with Crippen LogP contribution in [0.25, 0.3) is 0 Å². The predicted molar refractivity (Wildman–Crippen MR) is 36.6 cm³/mol. The minimum atomic E-state index is 0.741. The quantitative estimate of drug-likeness (QED) is 0.601. The van der Waals surface area contributed by atoms with E-state index in [1.807, 2.05) is 11.8 Å². The van der Waals surface area contributed by atoms with E-state index in [-0.39, 0.29) is 0 Å². The van der Waals surface area contributed by atoms with Crippen LogP contribution in [0.4, 0.5) is 0 Å². The van der Waals surface area contributed by atoms with Crippen molar-refractivity contribution in [2.45, 2.75) is 18.6 Å². The normalized spacial score (nSPS) is 14.1. The molecule has 0 radical (unpaired) electrons. The maximum absolute atomic E-state index is 5.29. The fourth-order valence-corrected chi connectivity index (χ4v) is 0.724. The second kappa shape index (κ2) is 4.47. The Bertz CT molecular complexity index is 39.1. The van der Waals surface area contributed by atoms with Gasteiger partial charge in [-0.15, -0.1) is 0 Å². The maximum Gasteiger partial charge on any atom is 0.00279 e. The van der Waals surface area contributed by atoms with Crippen molar-refractivity contribution in [3.05, 3.63) is 0 Å². The van der Waals surface area contributed by atoms with E-state index < -0.39 is 0 Å². The molecule has 0 amide bonds. The lowest BCUT2D eigenvalue weighted by Crippen LogP contribution is -2.05. The van der Waals surface area contributed by atoms with E-state index in [1.165, 1.54) is 0 Å². The standard InChI is InChI=1S/C5H13NS/c1-5(7-2)3-4-6/h5H,3-4,6H2,1-2H3. The van der Waals surface area contributed by atoms with Gasteiger partial charge in [0.25, 0.3) is 0 Å². The number of hydrogen-bond donors (Lipinski definition) is 1. The van der Waals surface area contributed by atoms with E-state index in [4.69, 9.17) is 5.73 Å². The number of hydrogen-bond acceptors (Lipinski definition) is 2. The Kier molecular flexibility index (Phi) is 4.67. The molecule has 1 nitrogen and oxygen atoms in total. The third kappa shape index (κ3) is 4.16. The lowest BCUT2D eigenvalue weighted by molar-refractivity contribution is 0.825. The van der Waals surface area contributed by atoms with Gasteiger partial charge in [0, 0.05) is 5.25 Å². The summed E-state index contributed by atoms with van der Waals surface area (Å²) in [6, 6.07) is 0. The van der Waals surface area contributed by atoms with Gasteiger partial charge in [-0.1, -0.05) is 6.92 Å². The fraction of sp³-hybridized carbons (Fsp3) is 1.00. The van der Waals surface area contributed by atoms with Gasteiger partial charge in [-0.05, 0) is 19.2 Å². The van der Waals surface area contributed by atoms with E-state index >= 15 is 0 Å². The van der Waals surface area contributed by atoms with Gasteiger partial charge in [0.15, 0.2) is 0 Å². The topological polar surface area (TPSA) is 26.0 Å². The van der Waals surface area contributed by atoms with Crippen molar-refractivity contribution >= 4 is 11.8 Å². The third-order valence-electron chi connectivity index (χ3n) is 0.976. The summed E-state index contributed by atoms with van der Waals surface area (Å²) in [5.41, 5.74) is 5.29. The lowest BCUT2D eigenvalue weighted by atomic mass is 10.3. The summed E-state index contributed by atoms with van der Waals surface area (Å²) in [5.74, 6) is 0. The molecule has 0 bridgehead atoms. The molecular weight excluding hydrogens is 106 g/mol. The van der Waals surface area contributed by atoms with Gasteiger partial charge in [-0.2, -0.15) is 11.8 Å². The second-order valence-electron chi connectivity index (χ2n) is 1.62. The first-order valence-corrected chi connectivity index (χ1v) is 3.83. The molecule has 2 N–H and O–H groups in total. The Morgan fingerprint density at radius 1 is 1.71 bits per heavy atom. The van der Waals surface area contributed by atoms with Crippen LogP contribution in [0.15, 0.2) is 0 Å². The lowest BCUT2D eigenvalue weighted by Gasteiger charge is -2.02. The SMILES string of the molecule is CSC(C)CCN. The Balaban J connectivity index is 2.83. The molecule has 0 aliphatic heterocycles. The first-order chi connectivity index (χ1) is 3.31. The molecule has 0 aromatic carbocycles. The highest BCUT2D eigenvalue weighted by Crippen LogP contribution is 2.06. The van der Waals surface area contributed by atoms with E-state index in [9.17, 15) is 0 Å². The van der Waals surface area contributed by atoms with Crippen molar-refractivity contribution in [2.75, 3.05) is 12.8 Å². The highest BCUT2D eigenvalue weighted by Gasteiger charge is 1.93. The van der Waals surface area contributed by atoms with E-state index in [0.29, 0.717) is 0 Å². The largest absolute Gasteiger partial charge is 0.330 e. The summed E-state index contributed by atoms with van der Waals surface area (Å²) in [6.07, 6.45) is 3.25. The third-order valence-corrected chi connectivity index (χ3v) is 2.02. The van der Waals surface area contributed by atoms with Gasteiger partial charge in [-0.3, -0.25) is 0 Å². The number of rotatable bonds is 3. The maximum atomic E-state index is 5.29. The molecule has 0 saturated heterocycles. The van der Waals surface area contributed by atoms with Crippen LogP contribution >= 0.6 is 11.8 Å². The summed E-state index contributed by atoms with van der Waals surface area (Å²) >= 11 is 1.87. The Morgan fingerprint density at radius 3 is 2.43 bits per heavy atom. The first-order valence-electron chi connectivity index (χ1n) is 2.54. The van der Waals surface area contributed by atoms with Crippen LogP contribution in [-0.2, 0) is 0 Å². The zero-order chi connectivity index (χ0) is 5.70. The minimum Gasteiger partial charge on any atom is -0.330 e. The Labute approximate surface area is 49.7 Å². The van der Waals surface area contributed by atoms with E-state index in [2.05, 4.69) is 13.2 Å². The van der Waals surface area contributed by atoms with Crippen LogP contribution in [0.5, 0.6) is 0 Å². The molecular formula is C5H13NS. The van der Waals surface area contributed by atoms with Gasteiger partial charge in [0.2, 0.25) is 0 Å². The van der Waals surface area contributed by atoms with Crippen LogP contribution in [0.3, 0.4) is 0 Å². The van der Waals surface area contributed by atoms with E-state index in [0.717, 1.165) is 18.2 Å². The summed E-state index contributed by atoms with van der Waals surface area (Å²) in [5, 5.41) is 0.741. The predicted octanol–water partition coefficient (Wildman–Crippen LogP) is 1.09. The molecule has 44 valence electrons. The number of thioether (sulfide) groups is 1. The molecule has 0 saturated carbocycles. The second-order valence-corrected chi connectivity index (χ2v) is 2.90. The molecule has 0 aliphatic carbocycles. The summed E-state index contributed by atoms with van der Waals surface area (Å²) in [7, 11) is 0. The molecule has 0 heterocycles. The van der Waals surface area contributed by atoms with Crippen molar-refractivity contribution in [1.82, 2.24) is 0 Å². The van der Waals surface area contributed by atoms with Crippen LogP contribution in [0.2, 0.25) is 0 Å². The molecule has 1 unspecified atom stereocenters. The van der Waals surface area contributed by atoms with Crippen molar-refractivity contribution in [3.8, 4) is 0 Å². The smallest absolute Gasteiger partial charge is 0.00279 e. The van der Waals surface area contributed by atoms with Crippen molar-refractivity contribution < 1.29 is 0 Å². The average Bonchev–Trinajstić information content (AvgIpc) is 1.68. The zero-order valence-electron chi connectivity index (χ0n) is 4.98. The average molecular weight is 119 g/mol. The Morgan fingerprint density at radius 2 is 2.29 bits per heavy atom. The molecule has 0 fully saturated rings. The zero-order valence-corrected chi connectivity index (χ0v) is 5.79. The summed E-state index contributed by atoms with van der Waals surface area (Å²) < 4.78 is 0. The Hall–Kier alpha value is 0.310. The highest BCUT2D eigenvalue weighted by atomic mass is 32.2. The molecule has 7 heavy (non-hydrogen) atoms. The number of nitrogens with two attached hydrogens (primary N) is 1. The van der Waals surface area contributed by atoms with Crippen LogP contribution in [-0.4, -0.2) is 18.1 Å². The van der Waals surface area contributed by atoms with Gasteiger partial charge >= 0.3 is 0 Å². The van der Waals surface area contributed by atoms with E-state index in [1.54, 1.807) is 0 Å². The molecule has 0 spiro atoms. The monoisotopic (exact) mass is 119 g/mol. The van der Waals surface area contributed by atoms with Crippen molar-refractivity contribution in [3.63, 3.8) is 0 Å². The molecule has 2 heteroatoms. The molecule has 0 rings (SSSR count). The molecule has 1 atom stereocenters. The van der Waals surface area contributed by atoms with Crippen molar-refractivity contribution in [2.24, 2.45) is 5.73 Å². The summed E-state index contributed by atoms with van der Waals surface area (Å²) in [4.78, 5) is 0. The van der Waals surface area contributed by atoms with Crippen molar-refractivity contribution in [1.29, 1.82) is 0 Å². The van der Waals surface area contributed by atoms with Gasteiger partial charge in [0.1, 0.15) is 0 Å². The van der Waals surface area contributed by atoms with Crippen LogP contribution in [0, 0.1) is 0 Å². The fourth-order valence-electron chi connectivity index (χ4n) is 0.353. The molecule has 0 aromatic heterocycles. The van der Waals surface area contributed by atoms with Crippen LogP contribution < -0.4 is 5.73 Å². The first kappa shape index (κ1) is 7.31. The summed E-state index contributed by atoms with van der Waals surface area (Å²) in [6.45, 7) is 3.01. The molecule has 0 aliphatic rings. The van der Waals surface area contributed by atoms with Gasteiger partial charge in [-0.25, -0.2) is 0 Å². The minimum absolute atomic E-state index is 0.741. The van der Waals surface area contributed by atoms with Gasteiger partial charge < -0.3 is 5.73 Å². The highest BCUT2D eigenvalue weighted by molar-refractivity contribution is 7.99.